The molecule has 0 spiro atoms. The number of benzene rings is 2. The van der Waals surface area contributed by atoms with Gasteiger partial charge in [0.15, 0.2) is 0 Å². The number of hydrogen-bond acceptors (Lipinski definition) is 4. The van der Waals surface area contributed by atoms with Crippen LogP contribution in [-0.2, 0) is 4.74 Å². The zero-order chi connectivity index (χ0) is 18.8. The smallest absolute Gasteiger partial charge is 0.337 e. The van der Waals surface area contributed by atoms with E-state index >= 15 is 0 Å². The van der Waals surface area contributed by atoms with E-state index in [-0.39, 0.29) is 11.8 Å². The maximum absolute atomic E-state index is 12.8. The largest absolute Gasteiger partial charge is 0.465 e. The molecule has 1 N–H and O–H groups in total. The van der Waals surface area contributed by atoms with Crippen molar-refractivity contribution in [2.45, 2.75) is 6.92 Å². The lowest BCUT2D eigenvalue weighted by Gasteiger charge is -2.07. The van der Waals surface area contributed by atoms with Crippen molar-refractivity contribution in [3.8, 4) is 0 Å². The predicted octanol–water partition coefficient (Wildman–Crippen LogP) is 4.10. The van der Waals surface area contributed by atoms with Crippen LogP contribution in [0.1, 0.15) is 32.4 Å². The highest BCUT2D eigenvalue weighted by atomic mass is 79.9. The molecule has 3 aromatic rings. The molecule has 132 valence electrons. The Morgan fingerprint density at radius 1 is 1.12 bits per heavy atom. The van der Waals surface area contributed by atoms with E-state index in [0.717, 1.165) is 0 Å². The van der Waals surface area contributed by atoms with Crippen LogP contribution in [0.3, 0.4) is 0 Å². The third kappa shape index (κ3) is 3.39. The van der Waals surface area contributed by atoms with Crippen LogP contribution in [0, 0.1) is 0 Å². The average Bonchev–Trinajstić information content (AvgIpc) is 3.00. The number of methoxy groups -OCH3 is 1. The maximum atomic E-state index is 12.8. The van der Waals surface area contributed by atoms with Gasteiger partial charge in [-0.15, -0.1) is 0 Å². The first-order chi connectivity index (χ1) is 12.4. The highest BCUT2D eigenvalue weighted by molar-refractivity contribution is 9.10. The summed E-state index contributed by atoms with van der Waals surface area (Å²) in [5.74, 6) is -1.07. The number of amides is 1. The van der Waals surface area contributed by atoms with Crippen LogP contribution in [0.15, 0.2) is 53.1 Å². The number of carbonyl (C=O) groups is 3. The lowest BCUT2D eigenvalue weighted by Crippen LogP contribution is -2.13. The lowest BCUT2D eigenvalue weighted by atomic mass is 10.1. The minimum absolute atomic E-state index is 0.185. The highest BCUT2D eigenvalue weighted by Gasteiger charge is 2.17. The van der Waals surface area contributed by atoms with Gasteiger partial charge in [0.25, 0.3) is 5.91 Å². The van der Waals surface area contributed by atoms with Crippen LogP contribution in [-0.4, -0.2) is 29.5 Å². The molecule has 3 rings (SSSR count). The Kier molecular flexibility index (Phi) is 4.90. The number of rotatable bonds is 3. The first kappa shape index (κ1) is 17.9. The Morgan fingerprint density at radius 2 is 1.85 bits per heavy atom. The van der Waals surface area contributed by atoms with Crippen molar-refractivity contribution in [1.82, 2.24) is 4.57 Å². The van der Waals surface area contributed by atoms with Crippen molar-refractivity contribution in [3.63, 3.8) is 0 Å². The normalized spacial score (nSPS) is 10.6. The molecular weight excluding hydrogens is 400 g/mol. The summed E-state index contributed by atoms with van der Waals surface area (Å²) >= 11 is 3.31. The van der Waals surface area contributed by atoms with Crippen LogP contribution in [0.2, 0.25) is 0 Å². The summed E-state index contributed by atoms with van der Waals surface area (Å²) in [4.78, 5) is 36.3. The fraction of sp³-hybridized carbons (Fsp3) is 0.105. The van der Waals surface area contributed by atoms with Gasteiger partial charge >= 0.3 is 5.97 Å². The van der Waals surface area contributed by atoms with Crippen molar-refractivity contribution in [2.24, 2.45) is 0 Å². The van der Waals surface area contributed by atoms with E-state index in [4.69, 9.17) is 4.74 Å². The molecule has 0 aliphatic rings. The number of anilines is 1. The first-order valence-electron chi connectivity index (χ1n) is 7.72. The molecule has 0 atom stereocenters. The van der Waals surface area contributed by atoms with E-state index < -0.39 is 5.97 Å². The summed E-state index contributed by atoms with van der Waals surface area (Å²) in [7, 11) is 1.29. The second-order valence-electron chi connectivity index (χ2n) is 5.62. The van der Waals surface area contributed by atoms with Crippen LogP contribution >= 0.6 is 15.9 Å². The van der Waals surface area contributed by atoms with Gasteiger partial charge in [0.2, 0.25) is 5.91 Å². The molecule has 26 heavy (non-hydrogen) atoms. The monoisotopic (exact) mass is 414 g/mol. The van der Waals surface area contributed by atoms with Gasteiger partial charge in [-0.1, -0.05) is 34.1 Å². The number of nitrogens with zero attached hydrogens (tertiary/aromatic N) is 1. The molecule has 7 heteroatoms. The number of halogens is 1. The van der Waals surface area contributed by atoms with Gasteiger partial charge in [0, 0.05) is 28.7 Å². The molecule has 6 nitrogen and oxygen atoms in total. The highest BCUT2D eigenvalue weighted by Crippen LogP contribution is 2.24. The minimum Gasteiger partial charge on any atom is -0.465 e. The van der Waals surface area contributed by atoms with Crippen molar-refractivity contribution < 1.29 is 19.1 Å². The second-order valence-corrected chi connectivity index (χ2v) is 6.54. The second kappa shape index (κ2) is 7.13. The number of esters is 1. The molecule has 0 bridgehead atoms. The fourth-order valence-electron chi connectivity index (χ4n) is 2.72. The molecular formula is C19H15BrN2O4. The molecule has 1 heterocycles. The lowest BCUT2D eigenvalue weighted by molar-refractivity contribution is 0.0600. The Balaban J connectivity index is 1.99. The van der Waals surface area contributed by atoms with Crippen molar-refractivity contribution in [1.29, 1.82) is 0 Å². The average molecular weight is 415 g/mol. The van der Waals surface area contributed by atoms with Crippen LogP contribution in [0.25, 0.3) is 10.9 Å². The van der Waals surface area contributed by atoms with E-state index in [0.29, 0.717) is 32.2 Å². The van der Waals surface area contributed by atoms with Gasteiger partial charge in [-0.05, 0) is 24.3 Å². The molecule has 0 saturated heterocycles. The first-order valence-corrected chi connectivity index (χ1v) is 8.51. The molecule has 0 unspecified atom stereocenters. The topological polar surface area (TPSA) is 77.4 Å². The van der Waals surface area contributed by atoms with Gasteiger partial charge in [-0.3, -0.25) is 14.2 Å². The van der Waals surface area contributed by atoms with Crippen molar-refractivity contribution in [2.75, 3.05) is 12.4 Å². The number of aromatic nitrogens is 1. The molecule has 1 aromatic heterocycles. The maximum Gasteiger partial charge on any atom is 0.337 e. The Bertz CT molecular complexity index is 1040. The summed E-state index contributed by atoms with van der Waals surface area (Å²) in [5.41, 5.74) is 1.78. The number of para-hydroxylation sites is 1. The van der Waals surface area contributed by atoms with Crippen molar-refractivity contribution >= 4 is 50.3 Å². The molecule has 0 aliphatic carbocycles. The Labute approximate surface area is 157 Å². The van der Waals surface area contributed by atoms with E-state index in [9.17, 15) is 14.4 Å². The zero-order valence-electron chi connectivity index (χ0n) is 14.1. The zero-order valence-corrected chi connectivity index (χ0v) is 15.7. The Morgan fingerprint density at radius 3 is 2.54 bits per heavy atom. The molecule has 0 fully saturated rings. The number of carbonyl (C=O) groups excluding carboxylic acids is 3. The summed E-state index contributed by atoms with van der Waals surface area (Å²) in [5, 5.41) is 3.43. The third-order valence-corrected chi connectivity index (χ3v) is 4.33. The molecule has 2 aromatic carbocycles. The summed E-state index contributed by atoms with van der Waals surface area (Å²) in [6.45, 7) is 1.44. The summed E-state index contributed by atoms with van der Waals surface area (Å²) in [6.07, 6.45) is 1.52. The molecule has 0 radical (unpaired) electrons. The fourth-order valence-corrected chi connectivity index (χ4v) is 3.21. The SMILES string of the molecule is COC(=O)c1cc(Br)cc(NC(=O)c2cn(C(C)=O)c3ccccc23)c1. The van der Waals surface area contributed by atoms with Gasteiger partial charge in [-0.2, -0.15) is 0 Å². The van der Waals surface area contributed by atoms with Crippen LogP contribution in [0.5, 0.6) is 0 Å². The number of hydrogen-bond donors (Lipinski definition) is 1. The third-order valence-electron chi connectivity index (χ3n) is 3.87. The van der Waals surface area contributed by atoms with Gasteiger partial charge in [-0.25, -0.2) is 4.79 Å². The summed E-state index contributed by atoms with van der Waals surface area (Å²) < 4.78 is 6.77. The van der Waals surface area contributed by atoms with Crippen LogP contribution < -0.4 is 5.32 Å². The van der Waals surface area contributed by atoms with E-state index in [1.165, 1.54) is 30.9 Å². The van der Waals surface area contributed by atoms with E-state index in [2.05, 4.69) is 21.2 Å². The van der Waals surface area contributed by atoms with Crippen molar-refractivity contribution in [3.05, 3.63) is 64.3 Å². The van der Waals surface area contributed by atoms with Gasteiger partial charge in [0.1, 0.15) is 0 Å². The molecule has 0 aliphatic heterocycles. The van der Waals surface area contributed by atoms with E-state index in [1.807, 2.05) is 0 Å². The predicted molar refractivity (Wildman–Crippen MR) is 102 cm³/mol. The Hall–Kier alpha value is -2.93. The standard InChI is InChI=1S/C19H15BrN2O4/c1-11(23)22-10-16(15-5-3-4-6-17(15)22)18(24)21-14-8-12(19(25)26-2)7-13(20)9-14/h3-10H,1-2H3,(H,21,24). The summed E-state index contributed by atoms with van der Waals surface area (Å²) in [6, 6.07) is 12.0. The number of ether oxygens (including phenoxy) is 1. The van der Waals surface area contributed by atoms with Crippen LogP contribution in [0.4, 0.5) is 5.69 Å². The van der Waals surface area contributed by atoms with Gasteiger partial charge in [0.05, 0.1) is 23.8 Å². The minimum atomic E-state index is -0.505. The number of fused-ring (bicyclic) bond motifs is 1. The molecule has 1 amide bonds. The number of nitrogens with one attached hydrogen (secondary N) is 1. The van der Waals surface area contributed by atoms with Gasteiger partial charge < -0.3 is 10.1 Å². The molecule has 0 saturated carbocycles. The quantitative estimate of drug-likeness (QED) is 0.654. The van der Waals surface area contributed by atoms with E-state index in [1.54, 1.807) is 36.4 Å².